The van der Waals surface area contributed by atoms with Crippen LogP contribution < -0.4 is 0 Å². The van der Waals surface area contributed by atoms with Crippen molar-refractivity contribution in [3.8, 4) is 0 Å². The standard InChI is InChI=1S/C17H20N2O2.C2H6/c1-18-8-10-19(11-9-18)16(17(20)21)15-7-6-13-4-2-3-5-14(13)12-15;1-2/h2-7,12,16H,8-11H2,1H3,(H,20,21);1-2H3. The summed E-state index contributed by atoms with van der Waals surface area (Å²) in [5.74, 6) is -0.769. The van der Waals surface area contributed by atoms with Crippen molar-refractivity contribution in [3.63, 3.8) is 0 Å². The third-order valence-electron chi connectivity index (χ3n) is 4.23. The number of likely N-dealkylation sites (N-methyl/N-ethyl adjacent to an activating group) is 1. The average molecular weight is 314 g/mol. The number of carboxylic acids is 1. The highest BCUT2D eigenvalue weighted by molar-refractivity contribution is 5.85. The fourth-order valence-electron chi connectivity index (χ4n) is 2.97. The first-order valence-electron chi connectivity index (χ1n) is 8.29. The van der Waals surface area contributed by atoms with Gasteiger partial charge in [-0.1, -0.05) is 50.2 Å². The molecule has 0 aliphatic carbocycles. The molecular weight excluding hydrogens is 288 g/mol. The number of carbonyl (C=O) groups is 1. The summed E-state index contributed by atoms with van der Waals surface area (Å²) in [6, 6.07) is 13.5. The monoisotopic (exact) mass is 314 g/mol. The SMILES string of the molecule is CC.CN1CCN(C(C(=O)O)c2ccc3ccccc3c2)CC1. The largest absolute Gasteiger partial charge is 0.480 e. The maximum atomic E-state index is 11.8. The molecule has 0 radical (unpaired) electrons. The van der Waals surface area contributed by atoms with Gasteiger partial charge in [-0.3, -0.25) is 9.69 Å². The lowest BCUT2D eigenvalue weighted by atomic mass is 10.00. The van der Waals surface area contributed by atoms with E-state index < -0.39 is 12.0 Å². The second-order valence-electron chi connectivity index (χ2n) is 5.69. The second-order valence-corrected chi connectivity index (χ2v) is 5.69. The van der Waals surface area contributed by atoms with Gasteiger partial charge in [-0.25, -0.2) is 0 Å². The molecule has 1 atom stereocenters. The molecule has 1 fully saturated rings. The Bertz CT molecular complexity index is 649. The predicted octanol–water partition coefficient (Wildman–Crippen LogP) is 3.24. The predicted molar refractivity (Wildman–Crippen MR) is 94.7 cm³/mol. The smallest absolute Gasteiger partial charge is 0.325 e. The van der Waals surface area contributed by atoms with Crippen molar-refractivity contribution >= 4 is 16.7 Å². The minimum absolute atomic E-state index is 0.552. The molecule has 124 valence electrons. The van der Waals surface area contributed by atoms with Gasteiger partial charge in [-0.2, -0.15) is 0 Å². The number of hydrogen-bond acceptors (Lipinski definition) is 3. The molecule has 2 aromatic carbocycles. The van der Waals surface area contributed by atoms with Gasteiger partial charge in [-0.15, -0.1) is 0 Å². The summed E-state index contributed by atoms with van der Waals surface area (Å²) >= 11 is 0. The fraction of sp³-hybridized carbons (Fsp3) is 0.421. The summed E-state index contributed by atoms with van der Waals surface area (Å²) in [5.41, 5.74) is 0.866. The van der Waals surface area contributed by atoms with Gasteiger partial charge in [0.25, 0.3) is 0 Å². The van der Waals surface area contributed by atoms with E-state index in [1.807, 2.05) is 56.3 Å². The third-order valence-corrected chi connectivity index (χ3v) is 4.23. The van der Waals surface area contributed by atoms with Crippen LogP contribution in [-0.4, -0.2) is 54.1 Å². The summed E-state index contributed by atoms with van der Waals surface area (Å²) in [4.78, 5) is 16.1. The zero-order chi connectivity index (χ0) is 16.8. The topological polar surface area (TPSA) is 43.8 Å². The van der Waals surface area contributed by atoms with E-state index in [1.165, 1.54) is 0 Å². The Balaban J connectivity index is 0.000000924. The molecule has 3 rings (SSSR count). The molecule has 1 unspecified atom stereocenters. The molecule has 4 heteroatoms. The summed E-state index contributed by atoms with van der Waals surface area (Å²) in [5, 5.41) is 11.9. The Morgan fingerprint density at radius 2 is 1.61 bits per heavy atom. The molecule has 23 heavy (non-hydrogen) atoms. The first-order valence-corrected chi connectivity index (χ1v) is 8.29. The van der Waals surface area contributed by atoms with E-state index in [1.54, 1.807) is 0 Å². The van der Waals surface area contributed by atoms with Crippen molar-refractivity contribution in [2.45, 2.75) is 19.9 Å². The van der Waals surface area contributed by atoms with Gasteiger partial charge >= 0.3 is 5.97 Å². The molecule has 1 heterocycles. The minimum Gasteiger partial charge on any atom is -0.480 e. The van der Waals surface area contributed by atoms with Crippen LogP contribution >= 0.6 is 0 Å². The van der Waals surface area contributed by atoms with E-state index in [9.17, 15) is 9.90 Å². The molecule has 0 saturated carbocycles. The Labute approximate surface area is 138 Å². The Morgan fingerprint density at radius 1 is 1.00 bits per heavy atom. The van der Waals surface area contributed by atoms with Crippen molar-refractivity contribution in [3.05, 3.63) is 48.0 Å². The Kier molecular flexibility index (Phi) is 6.13. The van der Waals surface area contributed by atoms with Crippen LogP contribution in [-0.2, 0) is 4.79 Å². The highest BCUT2D eigenvalue weighted by Gasteiger charge is 2.29. The minimum atomic E-state index is -0.769. The molecular formula is C19H26N2O2. The number of aliphatic carboxylic acids is 1. The van der Waals surface area contributed by atoms with Crippen molar-refractivity contribution < 1.29 is 9.90 Å². The van der Waals surface area contributed by atoms with Gasteiger partial charge in [-0.05, 0) is 29.4 Å². The van der Waals surface area contributed by atoms with Gasteiger partial charge in [0, 0.05) is 26.2 Å². The number of rotatable bonds is 3. The van der Waals surface area contributed by atoms with Crippen molar-refractivity contribution in [2.24, 2.45) is 0 Å². The normalized spacial score (nSPS) is 17.3. The van der Waals surface area contributed by atoms with Gasteiger partial charge in [0.1, 0.15) is 6.04 Å². The third kappa shape index (κ3) is 4.09. The Hall–Kier alpha value is -1.91. The first kappa shape index (κ1) is 17.4. The highest BCUT2D eigenvalue weighted by atomic mass is 16.4. The van der Waals surface area contributed by atoms with E-state index in [2.05, 4.69) is 16.8 Å². The van der Waals surface area contributed by atoms with Crippen LogP contribution in [0.1, 0.15) is 25.5 Å². The Morgan fingerprint density at radius 3 is 2.22 bits per heavy atom. The second kappa shape index (κ2) is 8.09. The number of nitrogens with zero attached hydrogens (tertiary/aromatic N) is 2. The van der Waals surface area contributed by atoms with Crippen molar-refractivity contribution in [2.75, 3.05) is 33.2 Å². The summed E-state index contributed by atoms with van der Waals surface area (Å²) in [6.45, 7) is 7.41. The molecule has 4 nitrogen and oxygen atoms in total. The van der Waals surface area contributed by atoms with Crippen LogP contribution in [0.4, 0.5) is 0 Å². The molecule has 0 spiro atoms. The van der Waals surface area contributed by atoms with Gasteiger partial charge in [0.15, 0.2) is 0 Å². The van der Waals surface area contributed by atoms with Crippen LogP contribution in [0, 0.1) is 0 Å². The van der Waals surface area contributed by atoms with Crippen LogP contribution in [0.2, 0.25) is 0 Å². The number of hydrogen-bond donors (Lipinski definition) is 1. The molecule has 1 aliphatic heterocycles. The molecule has 0 bridgehead atoms. The lowest BCUT2D eigenvalue weighted by Gasteiger charge is -2.36. The van der Waals surface area contributed by atoms with E-state index in [-0.39, 0.29) is 0 Å². The fourth-order valence-corrected chi connectivity index (χ4v) is 2.97. The summed E-state index contributed by atoms with van der Waals surface area (Å²) in [6.07, 6.45) is 0. The quantitative estimate of drug-likeness (QED) is 0.944. The maximum absolute atomic E-state index is 11.8. The molecule has 0 amide bonds. The van der Waals surface area contributed by atoms with E-state index in [0.29, 0.717) is 0 Å². The maximum Gasteiger partial charge on any atom is 0.325 e. The van der Waals surface area contributed by atoms with Crippen molar-refractivity contribution in [1.82, 2.24) is 9.80 Å². The zero-order valence-electron chi connectivity index (χ0n) is 14.2. The van der Waals surface area contributed by atoms with Crippen LogP contribution in [0.3, 0.4) is 0 Å². The first-order chi connectivity index (χ1) is 11.1. The highest BCUT2D eigenvalue weighted by Crippen LogP contribution is 2.26. The number of piperazine rings is 1. The lowest BCUT2D eigenvalue weighted by Crippen LogP contribution is -2.47. The van der Waals surface area contributed by atoms with Gasteiger partial charge in [0.2, 0.25) is 0 Å². The van der Waals surface area contributed by atoms with Crippen molar-refractivity contribution in [1.29, 1.82) is 0 Å². The van der Waals surface area contributed by atoms with E-state index in [0.717, 1.165) is 42.5 Å². The molecule has 0 aromatic heterocycles. The molecule has 1 N–H and O–H groups in total. The van der Waals surface area contributed by atoms with E-state index in [4.69, 9.17) is 0 Å². The molecule has 1 aliphatic rings. The average Bonchev–Trinajstić information content (AvgIpc) is 2.58. The number of carboxylic acid groups (broad SMARTS) is 1. The van der Waals surface area contributed by atoms with Crippen LogP contribution in [0.25, 0.3) is 10.8 Å². The number of fused-ring (bicyclic) bond motifs is 1. The number of benzene rings is 2. The zero-order valence-corrected chi connectivity index (χ0v) is 14.2. The molecule has 1 saturated heterocycles. The van der Waals surface area contributed by atoms with E-state index >= 15 is 0 Å². The summed E-state index contributed by atoms with van der Waals surface area (Å²) < 4.78 is 0. The summed E-state index contributed by atoms with van der Waals surface area (Å²) in [7, 11) is 2.07. The van der Waals surface area contributed by atoms with Crippen LogP contribution in [0.5, 0.6) is 0 Å². The molecule has 2 aromatic rings. The lowest BCUT2D eigenvalue weighted by molar-refractivity contribution is -0.144. The van der Waals surface area contributed by atoms with Crippen LogP contribution in [0.15, 0.2) is 42.5 Å². The van der Waals surface area contributed by atoms with Gasteiger partial charge in [0.05, 0.1) is 0 Å². The van der Waals surface area contributed by atoms with Gasteiger partial charge < -0.3 is 10.0 Å².